The third-order valence-electron chi connectivity index (χ3n) is 4.14. The third-order valence-corrected chi connectivity index (χ3v) is 4.37. The molecule has 2 aromatic carbocycles. The van der Waals surface area contributed by atoms with Gasteiger partial charge in [0.05, 0.1) is 5.52 Å². The van der Waals surface area contributed by atoms with Crippen molar-refractivity contribution in [3.63, 3.8) is 0 Å². The van der Waals surface area contributed by atoms with Crippen LogP contribution in [0.1, 0.15) is 27.0 Å². The Balaban J connectivity index is 1.74. The van der Waals surface area contributed by atoms with Crippen molar-refractivity contribution < 1.29 is 4.79 Å². The Morgan fingerprint density at radius 3 is 2.72 bits per heavy atom. The molecule has 0 aliphatic rings. The molecule has 128 valence electrons. The molecule has 0 bridgehead atoms. The van der Waals surface area contributed by atoms with Crippen molar-refractivity contribution in [2.75, 3.05) is 6.54 Å². The van der Waals surface area contributed by atoms with E-state index in [1.54, 1.807) is 24.3 Å². The molecular weight excluding hydrogens is 336 g/mol. The lowest BCUT2D eigenvalue weighted by molar-refractivity contribution is 0.0954. The summed E-state index contributed by atoms with van der Waals surface area (Å²) in [6.07, 6.45) is 0.463. The van der Waals surface area contributed by atoms with Gasteiger partial charge in [0.1, 0.15) is 0 Å². The first-order valence-electron chi connectivity index (χ1n) is 8.11. The van der Waals surface area contributed by atoms with E-state index in [1.165, 1.54) is 0 Å². The van der Waals surface area contributed by atoms with Crippen LogP contribution in [-0.2, 0) is 6.42 Å². The number of amides is 1. The highest BCUT2D eigenvalue weighted by Crippen LogP contribution is 2.18. The Kier molecular flexibility index (Phi) is 4.91. The molecule has 0 saturated heterocycles. The number of nitrogens with one attached hydrogen (secondary N) is 2. The molecule has 0 atom stereocenters. The number of aromatic amines is 1. The highest BCUT2D eigenvalue weighted by atomic mass is 35.5. The SMILES string of the molecule is Cc1cc(C)c2[nH]c(=O)c(CCNC(=O)c3cccc(Cl)c3)cc2c1. The van der Waals surface area contributed by atoms with Gasteiger partial charge in [-0.25, -0.2) is 0 Å². The van der Waals surface area contributed by atoms with Crippen molar-refractivity contribution in [1.29, 1.82) is 0 Å². The number of carbonyl (C=O) groups excluding carboxylic acids is 1. The Labute approximate surface area is 150 Å². The number of hydrogen-bond donors (Lipinski definition) is 2. The molecular formula is C20H19ClN2O2. The average Bonchev–Trinajstić information content (AvgIpc) is 2.56. The largest absolute Gasteiger partial charge is 0.352 e. The van der Waals surface area contributed by atoms with Crippen LogP contribution in [0.3, 0.4) is 0 Å². The third kappa shape index (κ3) is 3.91. The van der Waals surface area contributed by atoms with Crippen molar-refractivity contribution in [2.45, 2.75) is 20.3 Å². The van der Waals surface area contributed by atoms with Crippen LogP contribution in [-0.4, -0.2) is 17.4 Å². The molecule has 0 saturated carbocycles. The summed E-state index contributed by atoms with van der Waals surface area (Å²) in [5, 5.41) is 4.35. The number of hydrogen-bond acceptors (Lipinski definition) is 2. The highest BCUT2D eigenvalue weighted by Gasteiger charge is 2.08. The summed E-state index contributed by atoms with van der Waals surface area (Å²) in [5.74, 6) is -0.202. The van der Waals surface area contributed by atoms with E-state index >= 15 is 0 Å². The van der Waals surface area contributed by atoms with Crippen LogP contribution in [0.4, 0.5) is 0 Å². The van der Waals surface area contributed by atoms with Crippen LogP contribution in [0.2, 0.25) is 5.02 Å². The summed E-state index contributed by atoms with van der Waals surface area (Å²) in [6.45, 7) is 4.39. The number of aryl methyl sites for hydroxylation is 2. The maximum absolute atomic E-state index is 12.3. The molecule has 3 aromatic rings. The van der Waals surface area contributed by atoms with Crippen molar-refractivity contribution in [2.24, 2.45) is 0 Å². The van der Waals surface area contributed by atoms with E-state index in [2.05, 4.69) is 10.3 Å². The van der Waals surface area contributed by atoms with E-state index in [-0.39, 0.29) is 11.5 Å². The summed E-state index contributed by atoms with van der Waals surface area (Å²) in [7, 11) is 0. The fraction of sp³-hybridized carbons (Fsp3) is 0.200. The van der Waals surface area contributed by atoms with Crippen molar-refractivity contribution in [3.8, 4) is 0 Å². The summed E-state index contributed by atoms with van der Waals surface area (Å²) in [4.78, 5) is 27.3. The lowest BCUT2D eigenvalue weighted by Gasteiger charge is -2.08. The molecule has 3 rings (SSSR count). The standard InChI is InChI=1S/C20H19ClN2O2/c1-12-8-13(2)18-16(9-12)10-15(20(25)23-18)6-7-22-19(24)14-4-3-5-17(21)11-14/h3-5,8-11H,6-7H2,1-2H3,(H,22,24)(H,23,25). The minimum absolute atomic E-state index is 0.114. The maximum atomic E-state index is 12.3. The molecule has 0 unspecified atom stereocenters. The second kappa shape index (κ2) is 7.11. The fourth-order valence-corrected chi connectivity index (χ4v) is 3.15. The molecule has 25 heavy (non-hydrogen) atoms. The molecule has 0 spiro atoms. The number of pyridine rings is 1. The molecule has 0 radical (unpaired) electrons. The Hall–Kier alpha value is -2.59. The molecule has 5 heteroatoms. The number of carbonyl (C=O) groups is 1. The number of fused-ring (bicyclic) bond motifs is 1. The van der Waals surface area contributed by atoms with Gasteiger partial charge in [-0.2, -0.15) is 0 Å². The fourth-order valence-electron chi connectivity index (χ4n) is 2.96. The van der Waals surface area contributed by atoms with Crippen LogP contribution in [0, 0.1) is 13.8 Å². The zero-order chi connectivity index (χ0) is 18.0. The second-order valence-electron chi connectivity index (χ2n) is 6.19. The van der Waals surface area contributed by atoms with Gasteiger partial charge in [0.15, 0.2) is 0 Å². The van der Waals surface area contributed by atoms with Crippen LogP contribution < -0.4 is 10.9 Å². The van der Waals surface area contributed by atoms with E-state index in [0.29, 0.717) is 29.1 Å². The van der Waals surface area contributed by atoms with Crippen molar-refractivity contribution >= 4 is 28.4 Å². The molecule has 0 aliphatic carbocycles. The topological polar surface area (TPSA) is 62.0 Å². The van der Waals surface area contributed by atoms with Gasteiger partial charge >= 0.3 is 0 Å². The van der Waals surface area contributed by atoms with Crippen LogP contribution in [0.5, 0.6) is 0 Å². The van der Waals surface area contributed by atoms with Gasteiger partial charge in [-0.1, -0.05) is 29.3 Å². The van der Waals surface area contributed by atoms with E-state index in [1.807, 2.05) is 32.0 Å². The highest BCUT2D eigenvalue weighted by molar-refractivity contribution is 6.30. The maximum Gasteiger partial charge on any atom is 0.251 e. The first kappa shape index (κ1) is 17.2. The van der Waals surface area contributed by atoms with E-state index in [4.69, 9.17) is 11.6 Å². The summed E-state index contributed by atoms with van der Waals surface area (Å²) in [5.41, 5.74) is 4.11. The first-order valence-corrected chi connectivity index (χ1v) is 8.49. The van der Waals surface area contributed by atoms with Crippen LogP contribution in [0.15, 0.2) is 47.3 Å². The molecule has 1 amide bonds. The molecule has 2 N–H and O–H groups in total. The quantitative estimate of drug-likeness (QED) is 0.749. The van der Waals surface area contributed by atoms with E-state index in [9.17, 15) is 9.59 Å². The Bertz CT molecular complexity index is 1010. The summed E-state index contributed by atoms with van der Waals surface area (Å²) >= 11 is 5.90. The molecule has 0 fully saturated rings. The predicted octanol–water partition coefficient (Wildman–Crippen LogP) is 3.77. The lowest BCUT2D eigenvalue weighted by atomic mass is 10.0. The van der Waals surface area contributed by atoms with Gasteiger partial charge in [-0.15, -0.1) is 0 Å². The monoisotopic (exact) mass is 354 g/mol. The summed E-state index contributed by atoms with van der Waals surface area (Å²) < 4.78 is 0. The second-order valence-corrected chi connectivity index (χ2v) is 6.62. The number of halogens is 1. The van der Waals surface area contributed by atoms with Crippen LogP contribution in [0.25, 0.3) is 10.9 Å². The van der Waals surface area contributed by atoms with Gasteiger partial charge in [-0.3, -0.25) is 9.59 Å². The predicted molar refractivity (Wildman–Crippen MR) is 102 cm³/mol. The first-order chi connectivity index (χ1) is 11.9. The average molecular weight is 355 g/mol. The Morgan fingerprint density at radius 2 is 1.96 bits per heavy atom. The van der Waals surface area contributed by atoms with E-state index in [0.717, 1.165) is 22.0 Å². The Morgan fingerprint density at radius 1 is 1.16 bits per heavy atom. The number of H-pyrrole nitrogens is 1. The van der Waals surface area contributed by atoms with Gasteiger partial charge in [-0.05, 0) is 61.5 Å². The minimum atomic E-state index is -0.202. The number of rotatable bonds is 4. The molecule has 4 nitrogen and oxygen atoms in total. The zero-order valence-corrected chi connectivity index (χ0v) is 14.9. The van der Waals surface area contributed by atoms with Crippen molar-refractivity contribution in [3.05, 3.63) is 80.1 Å². The van der Waals surface area contributed by atoms with Gasteiger partial charge in [0.25, 0.3) is 11.5 Å². The number of aromatic nitrogens is 1. The van der Waals surface area contributed by atoms with Gasteiger partial charge < -0.3 is 10.3 Å². The summed E-state index contributed by atoms with van der Waals surface area (Å²) in [6, 6.07) is 12.8. The zero-order valence-electron chi connectivity index (χ0n) is 14.2. The smallest absolute Gasteiger partial charge is 0.251 e. The number of benzene rings is 2. The molecule has 1 aromatic heterocycles. The van der Waals surface area contributed by atoms with Crippen LogP contribution >= 0.6 is 11.6 Å². The molecule has 0 aliphatic heterocycles. The molecule has 1 heterocycles. The van der Waals surface area contributed by atoms with Crippen molar-refractivity contribution in [1.82, 2.24) is 10.3 Å². The van der Waals surface area contributed by atoms with Gasteiger partial charge in [0.2, 0.25) is 0 Å². The lowest BCUT2D eigenvalue weighted by Crippen LogP contribution is -2.27. The minimum Gasteiger partial charge on any atom is -0.352 e. The van der Waals surface area contributed by atoms with E-state index < -0.39 is 0 Å². The van der Waals surface area contributed by atoms with Gasteiger partial charge in [0, 0.05) is 22.7 Å². The normalized spacial score (nSPS) is 10.8.